The molecule has 1 heterocycles. The number of hydrogen-bond acceptors (Lipinski definition) is 6. The van der Waals surface area contributed by atoms with E-state index in [1.807, 2.05) is 6.92 Å². The maximum Gasteiger partial charge on any atom is 0.360 e. The Hall–Kier alpha value is -3.48. The summed E-state index contributed by atoms with van der Waals surface area (Å²) in [7, 11) is 0. The van der Waals surface area contributed by atoms with Crippen LogP contribution in [-0.4, -0.2) is 34.7 Å². The van der Waals surface area contributed by atoms with Gasteiger partial charge in [0, 0.05) is 10.9 Å². The molecular weight excluding hydrogens is 348 g/mol. The third-order valence-corrected chi connectivity index (χ3v) is 3.99. The topological polar surface area (TPSA) is 98.3 Å². The van der Waals surface area contributed by atoms with Gasteiger partial charge in [0.05, 0.1) is 12.0 Å². The van der Waals surface area contributed by atoms with Crippen molar-refractivity contribution in [1.29, 1.82) is 0 Å². The Labute approximate surface area is 154 Å². The summed E-state index contributed by atoms with van der Waals surface area (Å²) in [4.78, 5) is 36.8. The number of aromatic nitrogens is 2. The molecule has 0 fully saturated rings. The number of carbonyl (C=O) groups excluding carboxylic acids is 2. The van der Waals surface area contributed by atoms with E-state index >= 15 is 0 Å². The van der Waals surface area contributed by atoms with Gasteiger partial charge in [-0.05, 0) is 44.2 Å². The Kier molecular flexibility index (Phi) is 5.30. The van der Waals surface area contributed by atoms with Crippen LogP contribution in [0.25, 0.3) is 10.8 Å². The molecule has 0 radical (unpaired) electrons. The molecular formula is C20H18N2O5. The minimum Gasteiger partial charge on any atom is -0.494 e. The van der Waals surface area contributed by atoms with E-state index in [0.29, 0.717) is 28.7 Å². The van der Waals surface area contributed by atoms with Crippen LogP contribution < -0.4 is 10.3 Å². The van der Waals surface area contributed by atoms with Gasteiger partial charge >= 0.3 is 5.97 Å². The molecule has 0 aliphatic carbocycles. The molecule has 1 N–H and O–H groups in total. The number of ketones is 1. The van der Waals surface area contributed by atoms with Gasteiger partial charge < -0.3 is 9.47 Å². The molecule has 1 aromatic heterocycles. The van der Waals surface area contributed by atoms with Crippen LogP contribution in [0, 0.1) is 0 Å². The number of benzene rings is 2. The van der Waals surface area contributed by atoms with Crippen LogP contribution in [0.15, 0.2) is 53.3 Å². The van der Waals surface area contributed by atoms with Crippen LogP contribution in [0.5, 0.6) is 5.75 Å². The minimum atomic E-state index is -1.01. The number of ether oxygens (including phenoxy) is 2. The molecule has 7 nitrogen and oxygen atoms in total. The first kappa shape index (κ1) is 18.3. The molecule has 0 amide bonds. The van der Waals surface area contributed by atoms with Crippen LogP contribution in [0.3, 0.4) is 0 Å². The second-order valence-electron chi connectivity index (χ2n) is 5.82. The molecule has 27 heavy (non-hydrogen) atoms. The lowest BCUT2D eigenvalue weighted by atomic mass is 10.1. The molecule has 3 rings (SSSR count). The first-order chi connectivity index (χ1) is 13.0. The van der Waals surface area contributed by atoms with Crippen molar-refractivity contribution in [2.45, 2.75) is 20.0 Å². The largest absolute Gasteiger partial charge is 0.494 e. The van der Waals surface area contributed by atoms with E-state index in [9.17, 15) is 14.4 Å². The van der Waals surface area contributed by atoms with Crippen molar-refractivity contribution in [2.75, 3.05) is 6.61 Å². The number of rotatable bonds is 6. The number of hydrogen-bond donors (Lipinski definition) is 1. The molecule has 3 aromatic rings. The molecule has 0 bridgehead atoms. The number of esters is 1. The lowest BCUT2D eigenvalue weighted by molar-refractivity contribution is 0.0314. The van der Waals surface area contributed by atoms with Crippen molar-refractivity contribution in [3.05, 3.63) is 70.1 Å². The predicted molar refractivity (Wildman–Crippen MR) is 99.2 cm³/mol. The summed E-state index contributed by atoms with van der Waals surface area (Å²) in [5, 5.41) is 6.75. The summed E-state index contributed by atoms with van der Waals surface area (Å²) < 4.78 is 10.6. The second-order valence-corrected chi connectivity index (χ2v) is 5.82. The van der Waals surface area contributed by atoms with E-state index < -0.39 is 17.6 Å². The highest BCUT2D eigenvalue weighted by molar-refractivity contribution is 6.05. The Balaban J connectivity index is 1.78. The Bertz CT molecular complexity index is 1040. The van der Waals surface area contributed by atoms with Crippen LogP contribution in [0.1, 0.15) is 34.7 Å². The summed E-state index contributed by atoms with van der Waals surface area (Å²) in [5.41, 5.74) is -0.0461. The lowest BCUT2D eigenvalue weighted by Gasteiger charge is -2.13. The van der Waals surface area contributed by atoms with Crippen molar-refractivity contribution >= 4 is 22.5 Å². The molecule has 138 valence electrons. The smallest absolute Gasteiger partial charge is 0.360 e. The van der Waals surface area contributed by atoms with E-state index in [4.69, 9.17) is 9.47 Å². The number of nitrogens with zero attached hydrogens (tertiary/aromatic N) is 1. The minimum absolute atomic E-state index is 0.0449. The normalized spacial score (nSPS) is 11.8. The fraction of sp³-hybridized carbons (Fsp3) is 0.200. The lowest BCUT2D eigenvalue weighted by Crippen LogP contribution is -2.26. The molecule has 0 saturated carbocycles. The molecule has 0 saturated heterocycles. The monoisotopic (exact) mass is 366 g/mol. The third-order valence-electron chi connectivity index (χ3n) is 3.99. The van der Waals surface area contributed by atoms with Crippen molar-refractivity contribution < 1.29 is 19.1 Å². The molecule has 2 aromatic carbocycles. The number of carbonyl (C=O) groups is 2. The van der Waals surface area contributed by atoms with Crippen LogP contribution in [-0.2, 0) is 4.74 Å². The summed E-state index contributed by atoms with van der Waals surface area (Å²) in [6.45, 7) is 3.89. The molecule has 0 unspecified atom stereocenters. The van der Waals surface area contributed by atoms with E-state index in [1.165, 1.54) is 6.92 Å². The van der Waals surface area contributed by atoms with Gasteiger partial charge in [0.2, 0.25) is 5.78 Å². The number of Topliss-reactive ketones (excluding diaryl/α,β-unsaturated/α-hetero) is 1. The number of nitrogens with one attached hydrogen (secondary N) is 1. The standard InChI is InChI=1S/C20H18N2O5/c1-3-26-14-10-8-13(9-11-14)18(23)12(2)27-20(25)17-15-6-4-5-7-16(15)19(24)22-21-17/h4-12H,3H2,1-2H3,(H,22,24)/t12-/m0/s1. The van der Waals surface area contributed by atoms with E-state index in [-0.39, 0.29) is 11.5 Å². The van der Waals surface area contributed by atoms with E-state index in [1.54, 1.807) is 48.5 Å². The third kappa shape index (κ3) is 3.87. The molecule has 0 aliphatic heterocycles. The first-order valence-corrected chi connectivity index (χ1v) is 8.46. The van der Waals surface area contributed by atoms with Crippen molar-refractivity contribution in [1.82, 2.24) is 10.2 Å². The average molecular weight is 366 g/mol. The maximum absolute atomic E-state index is 12.5. The summed E-state index contributed by atoms with van der Waals surface area (Å²) in [5.74, 6) is -0.475. The van der Waals surface area contributed by atoms with Crippen LogP contribution in [0.2, 0.25) is 0 Å². The van der Waals surface area contributed by atoms with Gasteiger partial charge in [0.25, 0.3) is 5.56 Å². The Morgan fingerprint density at radius 3 is 2.41 bits per heavy atom. The van der Waals surface area contributed by atoms with Crippen molar-refractivity contribution in [3.8, 4) is 5.75 Å². The number of fused-ring (bicyclic) bond motifs is 1. The van der Waals surface area contributed by atoms with Gasteiger partial charge in [-0.1, -0.05) is 18.2 Å². The second kappa shape index (κ2) is 7.82. The zero-order chi connectivity index (χ0) is 19.4. The zero-order valence-corrected chi connectivity index (χ0v) is 14.9. The van der Waals surface area contributed by atoms with Gasteiger partial charge in [-0.2, -0.15) is 5.10 Å². The fourth-order valence-corrected chi connectivity index (χ4v) is 2.66. The van der Waals surface area contributed by atoms with Gasteiger partial charge in [0.1, 0.15) is 5.75 Å². The highest BCUT2D eigenvalue weighted by Crippen LogP contribution is 2.17. The number of aromatic amines is 1. The predicted octanol–water partition coefficient (Wildman–Crippen LogP) is 2.75. The fourth-order valence-electron chi connectivity index (χ4n) is 2.66. The molecule has 0 aliphatic rings. The summed E-state index contributed by atoms with van der Waals surface area (Å²) in [6.07, 6.45) is -1.01. The molecule has 1 atom stereocenters. The van der Waals surface area contributed by atoms with Crippen LogP contribution in [0.4, 0.5) is 0 Å². The van der Waals surface area contributed by atoms with Crippen molar-refractivity contribution in [2.24, 2.45) is 0 Å². The first-order valence-electron chi connectivity index (χ1n) is 8.46. The zero-order valence-electron chi connectivity index (χ0n) is 14.9. The summed E-state index contributed by atoms with van der Waals surface area (Å²) >= 11 is 0. The maximum atomic E-state index is 12.5. The highest BCUT2D eigenvalue weighted by atomic mass is 16.5. The molecule has 7 heteroatoms. The average Bonchev–Trinajstić information content (AvgIpc) is 2.68. The SMILES string of the molecule is CCOc1ccc(C(=O)[C@H](C)OC(=O)c2n[nH]c(=O)c3ccccc23)cc1. The van der Waals surface area contributed by atoms with Gasteiger partial charge in [0.15, 0.2) is 11.8 Å². The van der Waals surface area contributed by atoms with Gasteiger partial charge in [-0.15, -0.1) is 0 Å². The molecule has 0 spiro atoms. The van der Waals surface area contributed by atoms with E-state index in [2.05, 4.69) is 10.2 Å². The quantitative estimate of drug-likeness (QED) is 0.532. The van der Waals surface area contributed by atoms with Crippen LogP contribution >= 0.6 is 0 Å². The Morgan fingerprint density at radius 2 is 1.74 bits per heavy atom. The van der Waals surface area contributed by atoms with Gasteiger partial charge in [-0.25, -0.2) is 9.89 Å². The van der Waals surface area contributed by atoms with Gasteiger partial charge in [-0.3, -0.25) is 9.59 Å². The van der Waals surface area contributed by atoms with E-state index in [0.717, 1.165) is 0 Å². The summed E-state index contributed by atoms with van der Waals surface area (Å²) in [6, 6.07) is 13.2. The Morgan fingerprint density at radius 1 is 1.07 bits per heavy atom. The highest BCUT2D eigenvalue weighted by Gasteiger charge is 2.23. The number of H-pyrrole nitrogens is 1. The van der Waals surface area contributed by atoms with Crippen molar-refractivity contribution in [3.63, 3.8) is 0 Å².